The molecule has 2 nitrogen and oxygen atoms in total. The minimum Gasteiger partial charge on any atom is -0.320 e. The molecule has 0 heterocycles. The molecular weight excluding hydrogens is 205 g/mol. The monoisotopic (exact) mass is 214 g/mol. The van der Waals surface area contributed by atoms with Crippen molar-refractivity contribution in [2.75, 3.05) is 0 Å². The maximum Gasteiger partial charge on any atom is 0.403 e. The van der Waals surface area contributed by atoms with Crippen molar-refractivity contribution in [1.82, 2.24) is 0 Å². The van der Waals surface area contributed by atoms with Crippen LogP contribution in [0.5, 0.6) is 0 Å². The Hall–Kier alpha value is -1.54. The van der Waals surface area contributed by atoms with Crippen molar-refractivity contribution in [3.8, 4) is 6.07 Å². The second-order valence-electron chi connectivity index (χ2n) is 3.16. The number of hydrogen-bond acceptors (Lipinski definition) is 2. The van der Waals surface area contributed by atoms with Crippen molar-refractivity contribution in [3.63, 3.8) is 0 Å². The Labute approximate surface area is 85.1 Å². The fraction of sp³-hybridized carbons (Fsp3) is 0.300. The smallest absolute Gasteiger partial charge is 0.320 e. The zero-order valence-electron chi connectivity index (χ0n) is 7.75. The number of benzene rings is 1. The van der Waals surface area contributed by atoms with E-state index in [0.29, 0.717) is 11.1 Å². The van der Waals surface area contributed by atoms with Gasteiger partial charge in [-0.2, -0.15) is 18.4 Å². The normalized spacial score (nSPS) is 13.3. The molecule has 0 fully saturated rings. The number of nitrogens with zero attached hydrogens (tertiary/aromatic N) is 1. The van der Waals surface area contributed by atoms with Crippen LogP contribution in [0.1, 0.15) is 11.1 Å². The van der Waals surface area contributed by atoms with Gasteiger partial charge < -0.3 is 5.73 Å². The summed E-state index contributed by atoms with van der Waals surface area (Å²) in [6.07, 6.45) is -4.71. The highest BCUT2D eigenvalue weighted by Gasteiger charge is 2.36. The summed E-state index contributed by atoms with van der Waals surface area (Å²) in [5.41, 5.74) is 5.72. The van der Waals surface area contributed by atoms with E-state index in [9.17, 15) is 13.2 Å². The van der Waals surface area contributed by atoms with Crippen LogP contribution in [0.15, 0.2) is 24.3 Å². The van der Waals surface area contributed by atoms with Crippen LogP contribution in [0, 0.1) is 11.3 Å². The first-order valence-corrected chi connectivity index (χ1v) is 4.25. The Bertz CT molecular complexity index is 379. The van der Waals surface area contributed by atoms with E-state index in [4.69, 9.17) is 11.0 Å². The van der Waals surface area contributed by atoms with Crippen molar-refractivity contribution >= 4 is 0 Å². The van der Waals surface area contributed by atoms with Crippen molar-refractivity contribution in [2.45, 2.75) is 18.6 Å². The van der Waals surface area contributed by atoms with E-state index in [1.54, 1.807) is 0 Å². The summed E-state index contributed by atoms with van der Waals surface area (Å²) < 4.78 is 36.4. The SMILES string of the molecule is N#Cc1cccc(CC(N)C(F)(F)F)c1. The first kappa shape index (κ1) is 11.5. The molecule has 0 saturated carbocycles. The average molecular weight is 214 g/mol. The summed E-state index contributed by atoms with van der Waals surface area (Å²) in [7, 11) is 0. The van der Waals surface area contributed by atoms with Crippen LogP contribution < -0.4 is 5.73 Å². The number of hydrogen-bond donors (Lipinski definition) is 1. The van der Waals surface area contributed by atoms with Crippen LogP contribution >= 0.6 is 0 Å². The lowest BCUT2D eigenvalue weighted by Crippen LogP contribution is -2.39. The molecule has 5 heteroatoms. The summed E-state index contributed by atoms with van der Waals surface area (Å²) in [5, 5.41) is 8.55. The Morgan fingerprint density at radius 3 is 2.60 bits per heavy atom. The lowest BCUT2D eigenvalue weighted by Gasteiger charge is -2.15. The first-order valence-electron chi connectivity index (χ1n) is 4.25. The standard InChI is InChI=1S/C10H9F3N2/c11-10(12,13)9(15)5-7-2-1-3-8(4-7)6-14/h1-4,9H,5,15H2. The van der Waals surface area contributed by atoms with Crippen molar-refractivity contribution in [2.24, 2.45) is 5.73 Å². The van der Waals surface area contributed by atoms with Gasteiger partial charge >= 0.3 is 6.18 Å². The van der Waals surface area contributed by atoms with Crippen LogP contribution in [0.2, 0.25) is 0 Å². The quantitative estimate of drug-likeness (QED) is 0.818. The van der Waals surface area contributed by atoms with Crippen molar-refractivity contribution in [3.05, 3.63) is 35.4 Å². The van der Waals surface area contributed by atoms with Crippen LogP contribution in [0.4, 0.5) is 13.2 Å². The molecule has 0 saturated heterocycles. The Kier molecular flexibility index (Phi) is 3.32. The number of rotatable bonds is 2. The van der Waals surface area contributed by atoms with Gasteiger partial charge in [0, 0.05) is 0 Å². The van der Waals surface area contributed by atoms with Gasteiger partial charge in [-0.3, -0.25) is 0 Å². The Balaban J connectivity index is 2.78. The maximum atomic E-state index is 12.1. The molecule has 0 aliphatic rings. The van der Waals surface area contributed by atoms with Crippen molar-refractivity contribution < 1.29 is 13.2 Å². The van der Waals surface area contributed by atoms with Gasteiger partial charge in [-0.05, 0) is 24.1 Å². The van der Waals surface area contributed by atoms with E-state index >= 15 is 0 Å². The molecule has 0 aromatic heterocycles. The molecule has 1 rings (SSSR count). The van der Waals surface area contributed by atoms with Gasteiger partial charge in [-0.15, -0.1) is 0 Å². The average Bonchev–Trinajstić information content (AvgIpc) is 2.16. The molecule has 80 valence electrons. The van der Waals surface area contributed by atoms with Crippen LogP contribution in [0.3, 0.4) is 0 Å². The Morgan fingerprint density at radius 2 is 2.07 bits per heavy atom. The summed E-state index contributed by atoms with van der Waals surface area (Å²) in [4.78, 5) is 0. The van der Waals surface area contributed by atoms with E-state index in [-0.39, 0.29) is 6.42 Å². The summed E-state index contributed by atoms with van der Waals surface area (Å²) in [6.45, 7) is 0. The minimum absolute atomic E-state index is 0.307. The summed E-state index contributed by atoms with van der Waals surface area (Å²) in [5.74, 6) is 0. The molecule has 2 N–H and O–H groups in total. The van der Waals surface area contributed by atoms with Gasteiger partial charge in [0.2, 0.25) is 0 Å². The van der Waals surface area contributed by atoms with Gasteiger partial charge in [0.1, 0.15) is 6.04 Å². The van der Waals surface area contributed by atoms with Crippen LogP contribution in [0.25, 0.3) is 0 Å². The van der Waals surface area contributed by atoms with Crippen LogP contribution in [-0.4, -0.2) is 12.2 Å². The minimum atomic E-state index is -4.40. The van der Waals surface area contributed by atoms with Gasteiger partial charge in [-0.1, -0.05) is 12.1 Å². The third kappa shape index (κ3) is 3.26. The largest absolute Gasteiger partial charge is 0.403 e. The highest BCUT2D eigenvalue weighted by Crippen LogP contribution is 2.21. The second-order valence-corrected chi connectivity index (χ2v) is 3.16. The van der Waals surface area contributed by atoms with Gasteiger partial charge in [0.25, 0.3) is 0 Å². The maximum absolute atomic E-state index is 12.1. The molecule has 0 radical (unpaired) electrons. The predicted octanol–water partition coefficient (Wildman–Crippen LogP) is 1.99. The highest BCUT2D eigenvalue weighted by atomic mass is 19.4. The van der Waals surface area contributed by atoms with E-state index in [1.807, 2.05) is 6.07 Å². The van der Waals surface area contributed by atoms with Crippen molar-refractivity contribution in [1.29, 1.82) is 5.26 Å². The third-order valence-corrected chi connectivity index (χ3v) is 1.93. The zero-order valence-corrected chi connectivity index (χ0v) is 7.75. The number of halogens is 3. The highest BCUT2D eigenvalue weighted by molar-refractivity contribution is 5.33. The molecule has 0 amide bonds. The fourth-order valence-electron chi connectivity index (χ4n) is 1.14. The van der Waals surface area contributed by atoms with Gasteiger partial charge in [-0.25, -0.2) is 0 Å². The lowest BCUT2D eigenvalue weighted by atomic mass is 10.0. The third-order valence-electron chi connectivity index (χ3n) is 1.93. The van der Waals surface area contributed by atoms with Crippen LogP contribution in [-0.2, 0) is 6.42 Å². The molecule has 0 aliphatic carbocycles. The topological polar surface area (TPSA) is 49.8 Å². The number of nitriles is 1. The molecule has 1 aromatic rings. The molecule has 1 unspecified atom stereocenters. The molecule has 1 atom stereocenters. The number of alkyl halides is 3. The molecule has 1 aromatic carbocycles. The van der Waals surface area contributed by atoms with Gasteiger partial charge in [0.15, 0.2) is 0 Å². The molecule has 0 spiro atoms. The van der Waals surface area contributed by atoms with E-state index < -0.39 is 12.2 Å². The summed E-state index contributed by atoms with van der Waals surface area (Å²) >= 11 is 0. The van der Waals surface area contributed by atoms with E-state index in [2.05, 4.69) is 0 Å². The Morgan fingerprint density at radius 1 is 1.40 bits per heavy atom. The molecular formula is C10H9F3N2. The zero-order chi connectivity index (χ0) is 11.5. The van der Waals surface area contributed by atoms with E-state index in [1.165, 1.54) is 24.3 Å². The lowest BCUT2D eigenvalue weighted by molar-refractivity contribution is -0.147. The summed E-state index contributed by atoms with van der Waals surface area (Å²) in [6, 6.07) is 5.97. The number of nitrogens with two attached hydrogens (primary N) is 1. The molecule has 0 aliphatic heterocycles. The van der Waals surface area contributed by atoms with Gasteiger partial charge in [0.05, 0.1) is 11.6 Å². The second kappa shape index (κ2) is 4.32. The fourth-order valence-corrected chi connectivity index (χ4v) is 1.14. The predicted molar refractivity (Wildman–Crippen MR) is 48.9 cm³/mol. The van der Waals surface area contributed by atoms with E-state index in [0.717, 1.165) is 0 Å². The molecule has 15 heavy (non-hydrogen) atoms. The molecule has 0 bridgehead atoms. The first-order chi connectivity index (χ1) is 6.93.